The average Bonchev–Trinajstić information content (AvgIpc) is 3.41. The lowest BCUT2D eigenvalue weighted by molar-refractivity contribution is -0.384. The summed E-state index contributed by atoms with van der Waals surface area (Å²) in [4.78, 5) is 34.3. The number of allylic oxidation sites excluding steroid dienone is 1. The van der Waals surface area contributed by atoms with Gasteiger partial charge in [-0.05, 0) is 108 Å². The maximum absolute atomic E-state index is 15.1. The number of non-ortho nitro benzene ring substituents is 1. The number of aliphatic hydroxyl groups is 3. The Morgan fingerprint density at radius 3 is 2.26 bits per heavy atom. The number of nitro benzene ring substituents is 1. The standard InChI is InChI=1S/C60H79N3O11/c1-3-5-6-7-8-9-10-11-12-23-57(67)62(32-37-70-38-35-66)56-42-54(61-72-43-44-24-27-48(28-25-44)63(68)69)52-40-47(21-15-17-33-64)51(22-16-18-34-65)58-53-41-50(73-49-29-26-45-19-13-14-20-46(45)39-49)30-31-55(53)74-60(56,59(52)58)71-36-4-2/h4,13-14,19-20,24-31,39-41,47,51,56,58-59,64-66H,2-3,5-12,15-18,21-23,32-38,42-43H2,1H3/t47-,51+,56-,58+,59+,60+/m0/s1. The maximum atomic E-state index is 15.1. The summed E-state index contributed by atoms with van der Waals surface area (Å²) < 4.78 is 27.3. The van der Waals surface area contributed by atoms with Crippen LogP contribution in [0.2, 0.25) is 0 Å². The van der Waals surface area contributed by atoms with E-state index >= 15 is 4.79 Å². The third-order valence-corrected chi connectivity index (χ3v) is 15.1. The van der Waals surface area contributed by atoms with Crippen LogP contribution >= 0.6 is 0 Å². The Labute approximate surface area is 437 Å². The molecule has 7 rings (SSSR count). The molecule has 1 fully saturated rings. The number of carbonyl (C=O) groups is 1. The third-order valence-electron chi connectivity index (χ3n) is 15.1. The van der Waals surface area contributed by atoms with E-state index in [4.69, 9.17) is 28.9 Å². The van der Waals surface area contributed by atoms with E-state index in [0.29, 0.717) is 47.8 Å². The van der Waals surface area contributed by atoms with E-state index in [9.17, 15) is 25.4 Å². The summed E-state index contributed by atoms with van der Waals surface area (Å²) in [6, 6.07) is 25.6. The van der Waals surface area contributed by atoms with Crippen LogP contribution in [0.1, 0.15) is 133 Å². The molecular formula is C60H79N3O11. The quantitative estimate of drug-likeness (QED) is 0.0179. The van der Waals surface area contributed by atoms with Crippen molar-refractivity contribution >= 4 is 28.1 Å². The summed E-state index contributed by atoms with van der Waals surface area (Å²) in [7, 11) is 0. The molecule has 3 N–H and O–H groups in total. The van der Waals surface area contributed by atoms with Crippen molar-refractivity contribution in [3.05, 3.63) is 130 Å². The molecule has 1 amide bonds. The predicted octanol–water partition coefficient (Wildman–Crippen LogP) is 12.1. The zero-order valence-corrected chi connectivity index (χ0v) is 43.5. The van der Waals surface area contributed by atoms with Gasteiger partial charge in [0.15, 0.2) is 0 Å². The van der Waals surface area contributed by atoms with Crippen molar-refractivity contribution < 1.29 is 48.8 Å². The number of fused-ring (bicyclic) bond motifs is 3. The largest absolute Gasteiger partial charge is 0.459 e. The van der Waals surface area contributed by atoms with Crippen LogP contribution in [0.5, 0.6) is 17.2 Å². The van der Waals surface area contributed by atoms with Crippen LogP contribution in [-0.2, 0) is 25.7 Å². The molecule has 4 aromatic carbocycles. The van der Waals surface area contributed by atoms with Crippen LogP contribution < -0.4 is 9.47 Å². The zero-order valence-electron chi connectivity index (χ0n) is 43.5. The second-order valence-electron chi connectivity index (χ2n) is 20.1. The van der Waals surface area contributed by atoms with Crippen molar-refractivity contribution in [2.45, 2.75) is 140 Å². The minimum atomic E-state index is -1.47. The highest BCUT2D eigenvalue weighted by atomic mass is 16.7. The van der Waals surface area contributed by atoms with Gasteiger partial charge in [-0.15, -0.1) is 6.58 Å². The van der Waals surface area contributed by atoms with Crippen LogP contribution in [0, 0.1) is 27.9 Å². The maximum Gasteiger partial charge on any atom is 0.269 e. The lowest BCUT2D eigenvalue weighted by Crippen LogP contribution is -2.70. The molecule has 1 heterocycles. The Morgan fingerprint density at radius 1 is 0.838 bits per heavy atom. The summed E-state index contributed by atoms with van der Waals surface area (Å²) in [5, 5.41) is 48.5. The first-order chi connectivity index (χ1) is 36.2. The molecule has 74 heavy (non-hydrogen) atoms. The number of ether oxygens (including phenoxy) is 4. The Balaban J connectivity index is 1.35. The van der Waals surface area contributed by atoms with E-state index < -0.39 is 22.7 Å². The third kappa shape index (κ3) is 14.4. The molecule has 0 spiro atoms. The predicted molar refractivity (Wildman–Crippen MR) is 288 cm³/mol. The first-order valence-corrected chi connectivity index (χ1v) is 27.3. The number of aliphatic hydroxyl groups excluding tert-OH is 3. The topological polar surface area (TPSA) is 183 Å². The molecular weight excluding hydrogens is 939 g/mol. The van der Waals surface area contributed by atoms with Gasteiger partial charge < -0.3 is 44.0 Å². The molecule has 0 unspecified atom stereocenters. The van der Waals surface area contributed by atoms with Gasteiger partial charge in [0.2, 0.25) is 11.7 Å². The fraction of sp³-hybridized carbons (Fsp3) is 0.533. The van der Waals surface area contributed by atoms with Crippen LogP contribution in [0.3, 0.4) is 0 Å². The van der Waals surface area contributed by atoms with Gasteiger partial charge in [0.25, 0.3) is 5.69 Å². The lowest BCUT2D eigenvalue weighted by atomic mass is 9.55. The zero-order chi connectivity index (χ0) is 52.1. The number of oxime groups is 1. The number of carbonyl (C=O) groups excluding carboxylic acids is 1. The molecule has 0 aromatic heterocycles. The van der Waals surface area contributed by atoms with Crippen molar-refractivity contribution in [3.63, 3.8) is 0 Å². The normalized spacial score (nSPS) is 21.3. The highest BCUT2D eigenvalue weighted by molar-refractivity contribution is 6.03. The molecule has 400 valence electrons. The molecule has 6 atom stereocenters. The second kappa shape index (κ2) is 28.9. The van der Waals surface area contributed by atoms with Crippen LogP contribution in [0.4, 0.5) is 5.69 Å². The van der Waals surface area contributed by atoms with Crippen molar-refractivity contribution in [2.75, 3.05) is 46.2 Å². The first kappa shape index (κ1) is 56.1. The van der Waals surface area contributed by atoms with Crippen LogP contribution in [-0.4, -0.2) is 94.8 Å². The Hall–Kier alpha value is -5.64. The monoisotopic (exact) mass is 1020 g/mol. The molecule has 0 saturated heterocycles. The van der Waals surface area contributed by atoms with Crippen LogP contribution in [0.15, 0.2) is 114 Å². The number of rotatable bonds is 33. The minimum Gasteiger partial charge on any atom is -0.459 e. The van der Waals surface area contributed by atoms with Gasteiger partial charge in [-0.2, -0.15) is 0 Å². The number of nitro groups is 1. The molecule has 14 heteroatoms. The van der Waals surface area contributed by atoms with Gasteiger partial charge >= 0.3 is 0 Å². The van der Waals surface area contributed by atoms with Gasteiger partial charge in [0.1, 0.15) is 29.9 Å². The van der Waals surface area contributed by atoms with Gasteiger partial charge in [-0.1, -0.05) is 119 Å². The molecule has 3 aliphatic rings. The van der Waals surface area contributed by atoms with E-state index in [0.717, 1.165) is 73.3 Å². The molecule has 1 aliphatic heterocycles. The fourth-order valence-electron chi connectivity index (χ4n) is 11.5. The average molecular weight is 1020 g/mol. The first-order valence-electron chi connectivity index (χ1n) is 27.3. The molecule has 0 bridgehead atoms. The second-order valence-corrected chi connectivity index (χ2v) is 20.1. The number of amides is 1. The summed E-state index contributed by atoms with van der Waals surface area (Å²) in [6.07, 6.45) is 18.9. The van der Waals surface area contributed by atoms with E-state index in [1.807, 2.05) is 47.4 Å². The summed E-state index contributed by atoms with van der Waals surface area (Å²) in [6.45, 7) is 6.93. The highest BCUT2D eigenvalue weighted by Crippen LogP contribution is 2.62. The van der Waals surface area contributed by atoms with Gasteiger partial charge in [0.05, 0.1) is 43.0 Å². The SMILES string of the molecule is C=CCO[C@@]12Oc3ccc(Oc4ccc5ccccc5c4)cc3[C@H]3[C@H](CCCCO)[C@@H](CCCCO)C=C(C(=NOCc4ccc([N+](=O)[O-])cc4)C[C@@H]1N(CCOCCO)C(=O)CCCCCCCCCCC)[C@H]32. The summed E-state index contributed by atoms with van der Waals surface area (Å²) >= 11 is 0. The molecule has 1 saturated carbocycles. The number of nitrogens with zero attached hydrogens (tertiary/aromatic N) is 3. The van der Waals surface area contributed by atoms with Gasteiger partial charge in [-0.3, -0.25) is 14.9 Å². The summed E-state index contributed by atoms with van der Waals surface area (Å²) in [5.74, 6) is -0.389. The summed E-state index contributed by atoms with van der Waals surface area (Å²) in [5.41, 5.74) is 3.14. The molecule has 2 aliphatic carbocycles. The van der Waals surface area contributed by atoms with Gasteiger partial charge in [-0.25, -0.2) is 0 Å². The smallest absolute Gasteiger partial charge is 0.269 e. The number of hydrogen-bond acceptors (Lipinski definition) is 12. The van der Waals surface area contributed by atoms with E-state index in [1.165, 1.54) is 44.2 Å². The lowest BCUT2D eigenvalue weighted by Gasteiger charge is -2.60. The number of benzene rings is 4. The van der Waals surface area contributed by atoms with E-state index in [1.54, 1.807) is 18.2 Å². The Morgan fingerprint density at radius 2 is 1.54 bits per heavy atom. The van der Waals surface area contributed by atoms with Crippen LogP contribution in [0.25, 0.3) is 10.8 Å². The van der Waals surface area contributed by atoms with Crippen molar-refractivity contribution in [3.8, 4) is 17.2 Å². The Bertz CT molecular complexity index is 2480. The van der Waals surface area contributed by atoms with Crippen molar-refractivity contribution in [1.29, 1.82) is 0 Å². The number of unbranched alkanes of at least 4 members (excludes halogenated alkanes) is 10. The molecule has 4 aromatic rings. The van der Waals surface area contributed by atoms with E-state index in [2.05, 4.69) is 37.8 Å². The van der Waals surface area contributed by atoms with Gasteiger partial charge in [0, 0.05) is 56.2 Å². The highest BCUT2D eigenvalue weighted by Gasteiger charge is 2.65. The molecule has 0 radical (unpaired) electrons. The minimum absolute atomic E-state index is 0.000641. The molecule has 14 nitrogen and oxygen atoms in total. The van der Waals surface area contributed by atoms with Crippen molar-refractivity contribution in [1.82, 2.24) is 4.90 Å². The van der Waals surface area contributed by atoms with E-state index in [-0.39, 0.29) is 88.6 Å². The fourth-order valence-corrected chi connectivity index (χ4v) is 11.5. The number of hydrogen-bond donors (Lipinski definition) is 3. The van der Waals surface area contributed by atoms with Crippen molar-refractivity contribution in [2.24, 2.45) is 22.9 Å². The Kier molecular flexibility index (Phi) is 21.9.